The Kier molecular flexibility index (Phi) is 8.91. The Labute approximate surface area is 190 Å². The second kappa shape index (κ2) is 11.4. The number of carbonyl (C=O) groups excluding carboxylic acids is 4. The third-order valence-corrected chi connectivity index (χ3v) is 5.47. The monoisotopic (exact) mass is 465 g/mol. The van der Waals surface area contributed by atoms with Crippen LogP contribution in [0.2, 0.25) is 0 Å². The predicted molar refractivity (Wildman–Crippen MR) is 115 cm³/mol. The van der Waals surface area contributed by atoms with Gasteiger partial charge in [-0.2, -0.15) is 0 Å². The van der Waals surface area contributed by atoms with Gasteiger partial charge in [-0.15, -0.1) is 0 Å². The minimum absolute atomic E-state index is 0.0969. The lowest BCUT2D eigenvalue weighted by atomic mass is 10.0. The van der Waals surface area contributed by atoms with E-state index in [-0.39, 0.29) is 18.9 Å². The number of likely N-dealkylation sites (tertiary alicyclic amines) is 1. The topological polar surface area (TPSA) is 214 Å². The first-order valence-corrected chi connectivity index (χ1v) is 10.7. The van der Waals surface area contributed by atoms with Gasteiger partial charge in [0.25, 0.3) is 0 Å². The number of aliphatic carboxylic acids is 1. The van der Waals surface area contributed by atoms with Crippen LogP contribution < -0.4 is 22.1 Å². The first-order chi connectivity index (χ1) is 15.5. The van der Waals surface area contributed by atoms with Gasteiger partial charge in [-0.1, -0.05) is 13.8 Å². The number of hydrogen-bond donors (Lipinski definition) is 6. The van der Waals surface area contributed by atoms with Crippen LogP contribution in [0.25, 0.3) is 0 Å². The van der Waals surface area contributed by atoms with E-state index in [2.05, 4.69) is 20.6 Å². The molecule has 4 unspecified atom stereocenters. The van der Waals surface area contributed by atoms with Crippen LogP contribution in [-0.2, 0) is 30.4 Å². The van der Waals surface area contributed by atoms with Crippen molar-refractivity contribution in [1.82, 2.24) is 25.5 Å². The molecule has 0 spiro atoms. The van der Waals surface area contributed by atoms with Crippen molar-refractivity contribution in [2.75, 3.05) is 6.54 Å². The van der Waals surface area contributed by atoms with Crippen LogP contribution in [0.3, 0.4) is 0 Å². The lowest BCUT2D eigenvalue weighted by Gasteiger charge is -2.30. The second-order valence-electron chi connectivity index (χ2n) is 8.37. The average Bonchev–Trinajstić information content (AvgIpc) is 3.43. The first kappa shape index (κ1) is 25.8. The maximum Gasteiger partial charge on any atom is 0.326 e. The van der Waals surface area contributed by atoms with Gasteiger partial charge >= 0.3 is 5.97 Å². The summed E-state index contributed by atoms with van der Waals surface area (Å²) in [4.78, 5) is 69.3. The number of carboxylic acids is 1. The number of carboxylic acid groups (broad SMARTS) is 1. The Bertz CT molecular complexity index is 872. The Morgan fingerprint density at radius 2 is 1.94 bits per heavy atom. The molecule has 0 bridgehead atoms. The number of rotatable bonds is 11. The Balaban J connectivity index is 2.19. The molecule has 2 heterocycles. The van der Waals surface area contributed by atoms with E-state index in [0.29, 0.717) is 18.5 Å². The van der Waals surface area contributed by atoms with Crippen molar-refractivity contribution >= 4 is 29.6 Å². The minimum Gasteiger partial charge on any atom is -0.480 e. The maximum atomic E-state index is 13.4. The minimum atomic E-state index is -1.50. The van der Waals surface area contributed by atoms with E-state index in [1.807, 2.05) is 0 Å². The fraction of sp³-hybridized carbons (Fsp3) is 0.600. The predicted octanol–water partition coefficient (Wildman–Crippen LogP) is -2.14. The van der Waals surface area contributed by atoms with Gasteiger partial charge in [0.1, 0.15) is 18.1 Å². The number of aromatic nitrogens is 2. The van der Waals surface area contributed by atoms with Crippen molar-refractivity contribution in [2.45, 2.75) is 63.7 Å². The lowest BCUT2D eigenvalue weighted by molar-refractivity contribution is -0.145. The molecule has 0 aliphatic carbocycles. The Hall–Kier alpha value is -3.48. The molecule has 0 aromatic carbocycles. The van der Waals surface area contributed by atoms with Gasteiger partial charge in [-0.25, -0.2) is 9.78 Å². The van der Waals surface area contributed by atoms with Gasteiger partial charge in [0.2, 0.25) is 23.6 Å². The van der Waals surface area contributed by atoms with Crippen molar-refractivity contribution in [3.63, 3.8) is 0 Å². The summed E-state index contributed by atoms with van der Waals surface area (Å²) in [7, 11) is 0. The van der Waals surface area contributed by atoms with Crippen molar-refractivity contribution in [3.8, 4) is 0 Å². The molecule has 4 amide bonds. The lowest BCUT2D eigenvalue weighted by Crippen LogP contribution is -2.58. The maximum absolute atomic E-state index is 13.4. The number of amides is 4. The summed E-state index contributed by atoms with van der Waals surface area (Å²) >= 11 is 0. The number of aromatic amines is 1. The summed E-state index contributed by atoms with van der Waals surface area (Å²) < 4.78 is 0. The number of imidazole rings is 1. The molecule has 1 saturated heterocycles. The number of carbonyl (C=O) groups is 5. The first-order valence-electron chi connectivity index (χ1n) is 10.7. The van der Waals surface area contributed by atoms with Crippen LogP contribution in [0, 0.1) is 5.92 Å². The molecule has 8 N–H and O–H groups in total. The van der Waals surface area contributed by atoms with E-state index in [0.717, 1.165) is 0 Å². The quantitative estimate of drug-likeness (QED) is 0.211. The molecule has 1 aromatic rings. The zero-order valence-electron chi connectivity index (χ0n) is 18.6. The molecule has 1 aromatic heterocycles. The number of nitrogens with one attached hydrogen (secondary N) is 3. The van der Waals surface area contributed by atoms with Crippen LogP contribution in [-0.4, -0.2) is 80.3 Å². The standard InChI is InChI=1S/C20H31N7O6/c1-10(2)16(22)18(30)25-12(6-11-8-23-9-24-11)19(31)27-5-3-4-14(27)17(29)26-13(20(32)33)7-15(21)28/h8-10,12-14,16H,3-7,22H2,1-2H3,(H2,21,28)(H,23,24)(H,25,30)(H,26,29)(H,32,33). The van der Waals surface area contributed by atoms with Crippen LogP contribution in [0.15, 0.2) is 12.5 Å². The van der Waals surface area contributed by atoms with E-state index < -0.39 is 60.2 Å². The summed E-state index contributed by atoms with van der Waals surface area (Å²) in [6.07, 6.45) is 3.29. The van der Waals surface area contributed by atoms with Crippen LogP contribution in [0.1, 0.15) is 38.8 Å². The summed E-state index contributed by atoms with van der Waals surface area (Å²) in [5, 5.41) is 14.2. The highest BCUT2D eigenvalue weighted by Gasteiger charge is 2.39. The van der Waals surface area contributed by atoms with Crippen molar-refractivity contribution < 1.29 is 29.1 Å². The van der Waals surface area contributed by atoms with Gasteiger partial charge < -0.3 is 37.1 Å². The van der Waals surface area contributed by atoms with Crippen LogP contribution in [0.5, 0.6) is 0 Å². The highest BCUT2D eigenvalue weighted by molar-refractivity contribution is 5.95. The van der Waals surface area contributed by atoms with Gasteiger partial charge in [0.05, 0.1) is 18.8 Å². The molecule has 1 aliphatic rings. The molecule has 182 valence electrons. The van der Waals surface area contributed by atoms with E-state index >= 15 is 0 Å². The number of H-pyrrole nitrogens is 1. The largest absolute Gasteiger partial charge is 0.480 e. The van der Waals surface area contributed by atoms with Gasteiger partial charge in [-0.3, -0.25) is 19.2 Å². The Morgan fingerprint density at radius 1 is 1.24 bits per heavy atom. The number of hydrogen-bond acceptors (Lipinski definition) is 7. The molecule has 2 rings (SSSR count). The zero-order valence-corrected chi connectivity index (χ0v) is 18.6. The molecule has 0 saturated carbocycles. The number of nitrogens with zero attached hydrogens (tertiary/aromatic N) is 2. The smallest absolute Gasteiger partial charge is 0.326 e. The molecule has 13 nitrogen and oxygen atoms in total. The van der Waals surface area contributed by atoms with Gasteiger partial charge in [0, 0.05) is 24.9 Å². The summed E-state index contributed by atoms with van der Waals surface area (Å²) in [5.74, 6) is -4.17. The molecule has 0 radical (unpaired) electrons. The van der Waals surface area contributed by atoms with Crippen molar-refractivity contribution in [3.05, 3.63) is 18.2 Å². The van der Waals surface area contributed by atoms with E-state index in [1.54, 1.807) is 13.8 Å². The molecule has 1 aliphatic heterocycles. The summed E-state index contributed by atoms with van der Waals surface area (Å²) in [6, 6.07) is -4.30. The second-order valence-corrected chi connectivity index (χ2v) is 8.37. The molecule has 33 heavy (non-hydrogen) atoms. The third-order valence-electron chi connectivity index (χ3n) is 5.47. The van der Waals surface area contributed by atoms with E-state index in [4.69, 9.17) is 11.5 Å². The van der Waals surface area contributed by atoms with Crippen LogP contribution >= 0.6 is 0 Å². The fourth-order valence-corrected chi connectivity index (χ4v) is 3.56. The molecule has 1 fully saturated rings. The molecule has 13 heteroatoms. The number of nitrogens with two attached hydrogens (primary N) is 2. The highest BCUT2D eigenvalue weighted by atomic mass is 16.4. The van der Waals surface area contributed by atoms with Crippen molar-refractivity contribution in [2.24, 2.45) is 17.4 Å². The van der Waals surface area contributed by atoms with Crippen molar-refractivity contribution in [1.29, 1.82) is 0 Å². The number of primary amides is 1. The average molecular weight is 466 g/mol. The van der Waals surface area contributed by atoms with E-state index in [9.17, 15) is 29.1 Å². The van der Waals surface area contributed by atoms with E-state index in [1.165, 1.54) is 17.4 Å². The molecular formula is C20H31N7O6. The SMILES string of the molecule is CC(C)C(N)C(=O)NC(Cc1cnc[nH]1)C(=O)N1CCCC1C(=O)NC(CC(N)=O)C(=O)O. The molecular weight excluding hydrogens is 434 g/mol. The summed E-state index contributed by atoms with van der Waals surface area (Å²) in [6.45, 7) is 3.81. The zero-order chi connectivity index (χ0) is 24.7. The Morgan fingerprint density at radius 3 is 2.48 bits per heavy atom. The summed E-state index contributed by atoms with van der Waals surface area (Å²) in [5.41, 5.74) is 11.6. The van der Waals surface area contributed by atoms with Gasteiger partial charge in [-0.05, 0) is 18.8 Å². The van der Waals surface area contributed by atoms with Crippen LogP contribution in [0.4, 0.5) is 0 Å². The molecule has 4 atom stereocenters. The van der Waals surface area contributed by atoms with Gasteiger partial charge in [0.15, 0.2) is 0 Å². The third kappa shape index (κ3) is 7.00. The normalized spacial score (nSPS) is 18.4. The fourth-order valence-electron chi connectivity index (χ4n) is 3.56. The highest BCUT2D eigenvalue weighted by Crippen LogP contribution is 2.20.